The van der Waals surface area contributed by atoms with Gasteiger partial charge in [0.15, 0.2) is 6.10 Å². The maximum Gasteiger partial charge on any atom is 0.303 e. The van der Waals surface area contributed by atoms with E-state index in [1.165, 1.54) is 36.1 Å². The van der Waals surface area contributed by atoms with Crippen LogP contribution in [0.2, 0.25) is 0 Å². The van der Waals surface area contributed by atoms with Crippen LogP contribution in [0, 0.1) is 10.1 Å². The molecule has 1 aromatic rings. The summed E-state index contributed by atoms with van der Waals surface area (Å²) in [6, 6.07) is 3.46. The van der Waals surface area contributed by atoms with E-state index in [0.29, 0.717) is 23.7 Å². The molecule has 29 heavy (non-hydrogen) atoms. The molecule has 0 unspecified atom stereocenters. The van der Waals surface area contributed by atoms with Gasteiger partial charge in [0, 0.05) is 30.7 Å². The number of benzene rings is 1. The molecule has 0 aromatic heterocycles. The summed E-state index contributed by atoms with van der Waals surface area (Å²) >= 11 is 0. The van der Waals surface area contributed by atoms with Crippen molar-refractivity contribution in [3.63, 3.8) is 0 Å². The van der Waals surface area contributed by atoms with Gasteiger partial charge in [-0.3, -0.25) is 19.7 Å². The highest BCUT2D eigenvalue weighted by molar-refractivity contribution is 5.91. The lowest BCUT2D eigenvalue weighted by Gasteiger charge is -2.46. The predicted octanol–water partition coefficient (Wildman–Crippen LogP) is 2.89. The van der Waals surface area contributed by atoms with E-state index in [0.717, 1.165) is 6.42 Å². The van der Waals surface area contributed by atoms with Crippen molar-refractivity contribution in [2.45, 2.75) is 51.9 Å². The Morgan fingerprint density at radius 3 is 2.76 bits per heavy atom. The van der Waals surface area contributed by atoms with Crippen LogP contribution in [0.5, 0.6) is 5.75 Å². The lowest BCUT2D eigenvalue weighted by molar-refractivity contribution is -0.385. The van der Waals surface area contributed by atoms with Gasteiger partial charge in [0.05, 0.1) is 18.1 Å². The first-order valence-electron chi connectivity index (χ1n) is 9.42. The van der Waals surface area contributed by atoms with Gasteiger partial charge < -0.3 is 19.1 Å². The molecule has 156 valence electrons. The molecule has 3 rings (SSSR count). The minimum Gasteiger partial charge on any atom is -0.496 e. The SMILES string of the molecule is CCCOC1=CC(=O)N([C@H]2c3cc([N+](=O)[O-])ccc3OC(C)(C)[C@@H]2OC(C)=O)C1. The lowest BCUT2D eigenvalue weighted by atomic mass is 9.85. The minimum absolute atomic E-state index is 0.138. The van der Waals surface area contributed by atoms with Crippen molar-refractivity contribution in [3.8, 4) is 5.75 Å². The highest BCUT2D eigenvalue weighted by atomic mass is 16.6. The molecule has 1 amide bonds. The number of hydrogen-bond acceptors (Lipinski definition) is 7. The number of nitrogens with zero attached hydrogens (tertiary/aromatic N) is 2. The number of nitro benzene ring substituents is 1. The average Bonchev–Trinajstić information content (AvgIpc) is 2.99. The molecule has 0 bridgehead atoms. The zero-order chi connectivity index (χ0) is 21.3. The van der Waals surface area contributed by atoms with E-state index in [2.05, 4.69) is 0 Å². The first-order chi connectivity index (χ1) is 13.6. The Hall–Kier alpha value is -3.10. The summed E-state index contributed by atoms with van der Waals surface area (Å²) in [6.45, 7) is 7.39. The summed E-state index contributed by atoms with van der Waals surface area (Å²) < 4.78 is 17.2. The molecular weight excluding hydrogens is 380 g/mol. The first kappa shape index (κ1) is 20.6. The molecule has 1 aromatic carbocycles. The Morgan fingerprint density at radius 2 is 2.14 bits per heavy atom. The Morgan fingerprint density at radius 1 is 1.41 bits per heavy atom. The second kappa shape index (κ2) is 7.73. The Bertz CT molecular complexity index is 878. The van der Waals surface area contributed by atoms with Crippen molar-refractivity contribution in [1.82, 2.24) is 4.90 Å². The molecule has 0 spiro atoms. The van der Waals surface area contributed by atoms with Crippen LogP contribution in [-0.4, -0.2) is 46.6 Å². The Balaban J connectivity index is 2.07. The molecule has 9 heteroatoms. The highest BCUT2D eigenvalue weighted by Crippen LogP contribution is 2.46. The smallest absolute Gasteiger partial charge is 0.303 e. The number of carbonyl (C=O) groups excluding carboxylic acids is 2. The quantitative estimate of drug-likeness (QED) is 0.407. The van der Waals surface area contributed by atoms with E-state index in [1.807, 2.05) is 6.92 Å². The summed E-state index contributed by atoms with van der Waals surface area (Å²) in [7, 11) is 0. The summed E-state index contributed by atoms with van der Waals surface area (Å²) in [5.41, 5.74) is -0.684. The van der Waals surface area contributed by atoms with Crippen LogP contribution < -0.4 is 4.74 Å². The fourth-order valence-electron chi connectivity index (χ4n) is 3.64. The van der Waals surface area contributed by atoms with E-state index < -0.39 is 28.6 Å². The molecule has 2 aliphatic rings. The summed E-state index contributed by atoms with van der Waals surface area (Å²) in [4.78, 5) is 36.9. The Kier molecular flexibility index (Phi) is 5.50. The van der Waals surface area contributed by atoms with E-state index in [1.54, 1.807) is 13.8 Å². The van der Waals surface area contributed by atoms with Gasteiger partial charge in [-0.15, -0.1) is 0 Å². The molecule has 0 aliphatic carbocycles. The Labute approximate surface area is 168 Å². The zero-order valence-corrected chi connectivity index (χ0v) is 16.8. The number of hydrogen-bond donors (Lipinski definition) is 0. The standard InChI is InChI=1S/C20H24N2O7/c1-5-8-27-14-10-17(24)21(11-14)18-15-9-13(22(25)26)6-7-16(15)29-20(3,4)19(18)28-12(2)23/h6-7,9-10,18-19H,5,8,11H2,1-4H3/t18-,19+/m0/s1. The van der Waals surface area contributed by atoms with Crippen molar-refractivity contribution in [2.75, 3.05) is 13.2 Å². The van der Waals surface area contributed by atoms with Gasteiger partial charge in [0.2, 0.25) is 0 Å². The van der Waals surface area contributed by atoms with Gasteiger partial charge in [-0.1, -0.05) is 6.92 Å². The van der Waals surface area contributed by atoms with E-state index in [4.69, 9.17) is 14.2 Å². The van der Waals surface area contributed by atoms with Gasteiger partial charge >= 0.3 is 5.97 Å². The third-order valence-corrected chi connectivity index (χ3v) is 4.88. The van der Waals surface area contributed by atoms with E-state index >= 15 is 0 Å². The second-order valence-corrected chi connectivity index (χ2v) is 7.58. The number of fused-ring (bicyclic) bond motifs is 1. The predicted molar refractivity (Wildman–Crippen MR) is 102 cm³/mol. The highest BCUT2D eigenvalue weighted by Gasteiger charge is 2.51. The van der Waals surface area contributed by atoms with Crippen LogP contribution in [0.1, 0.15) is 45.7 Å². The normalized spacial score (nSPS) is 22.4. The van der Waals surface area contributed by atoms with Gasteiger partial charge in [-0.25, -0.2) is 0 Å². The number of carbonyl (C=O) groups is 2. The largest absolute Gasteiger partial charge is 0.496 e. The molecule has 9 nitrogen and oxygen atoms in total. The minimum atomic E-state index is -0.965. The lowest BCUT2D eigenvalue weighted by Crippen LogP contribution is -2.55. The monoisotopic (exact) mass is 404 g/mol. The van der Waals surface area contributed by atoms with E-state index in [-0.39, 0.29) is 18.1 Å². The molecule has 0 saturated carbocycles. The van der Waals surface area contributed by atoms with Crippen molar-refractivity contribution >= 4 is 17.6 Å². The summed E-state index contributed by atoms with van der Waals surface area (Å²) in [5, 5.41) is 11.3. The maximum atomic E-state index is 12.8. The second-order valence-electron chi connectivity index (χ2n) is 7.58. The average molecular weight is 404 g/mol. The number of nitro groups is 1. The van der Waals surface area contributed by atoms with Crippen LogP contribution in [0.25, 0.3) is 0 Å². The number of ether oxygens (including phenoxy) is 3. The summed E-state index contributed by atoms with van der Waals surface area (Å²) in [5.74, 6) is 0.0699. The van der Waals surface area contributed by atoms with Crippen LogP contribution in [-0.2, 0) is 19.1 Å². The molecule has 2 heterocycles. The molecule has 0 radical (unpaired) electrons. The third kappa shape index (κ3) is 4.03. The molecule has 0 fully saturated rings. The van der Waals surface area contributed by atoms with Gasteiger partial charge in [0.1, 0.15) is 23.2 Å². The number of rotatable bonds is 6. The molecule has 0 N–H and O–H groups in total. The van der Waals surface area contributed by atoms with Gasteiger partial charge in [0.25, 0.3) is 11.6 Å². The van der Waals surface area contributed by atoms with Crippen molar-refractivity contribution in [1.29, 1.82) is 0 Å². The topological polar surface area (TPSA) is 108 Å². The number of amides is 1. The molecule has 2 aliphatic heterocycles. The zero-order valence-electron chi connectivity index (χ0n) is 16.8. The van der Waals surface area contributed by atoms with Crippen LogP contribution >= 0.6 is 0 Å². The van der Waals surface area contributed by atoms with Crippen LogP contribution in [0.4, 0.5) is 5.69 Å². The van der Waals surface area contributed by atoms with Crippen molar-refractivity contribution in [2.24, 2.45) is 0 Å². The van der Waals surface area contributed by atoms with Crippen molar-refractivity contribution in [3.05, 3.63) is 45.7 Å². The van der Waals surface area contributed by atoms with Crippen molar-refractivity contribution < 1.29 is 28.7 Å². The summed E-state index contributed by atoms with van der Waals surface area (Å²) in [6.07, 6.45) is 1.33. The maximum absolute atomic E-state index is 12.8. The fraction of sp³-hybridized carbons (Fsp3) is 0.500. The van der Waals surface area contributed by atoms with Crippen LogP contribution in [0.15, 0.2) is 30.0 Å². The third-order valence-electron chi connectivity index (χ3n) is 4.88. The fourth-order valence-corrected chi connectivity index (χ4v) is 3.64. The van der Waals surface area contributed by atoms with Gasteiger partial charge in [-0.05, 0) is 26.3 Å². The number of non-ortho nitro benzene ring substituents is 1. The first-order valence-corrected chi connectivity index (χ1v) is 9.42. The number of esters is 1. The molecular formula is C20H24N2O7. The van der Waals surface area contributed by atoms with E-state index in [9.17, 15) is 19.7 Å². The van der Waals surface area contributed by atoms with Gasteiger partial charge in [-0.2, -0.15) is 0 Å². The van der Waals surface area contributed by atoms with Crippen LogP contribution in [0.3, 0.4) is 0 Å². The molecule has 0 saturated heterocycles. The molecule has 2 atom stereocenters.